The van der Waals surface area contributed by atoms with E-state index in [1.54, 1.807) is 24.3 Å². The Morgan fingerprint density at radius 1 is 0.811 bits per heavy atom. The maximum atomic E-state index is 14.5. The van der Waals surface area contributed by atoms with E-state index in [0.29, 0.717) is 29.7 Å². The van der Waals surface area contributed by atoms with E-state index in [9.17, 15) is 18.0 Å². The molecule has 5 aliphatic rings. The molecule has 4 saturated carbocycles. The number of sulfonamides is 1. The van der Waals surface area contributed by atoms with Gasteiger partial charge in [0.1, 0.15) is 12.1 Å². The van der Waals surface area contributed by atoms with Crippen molar-refractivity contribution in [2.45, 2.75) is 114 Å². The third kappa shape index (κ3) is 8.59. The molecular weight excluding hydrogens is 685 g/mol. The Kier molecular flexibility index (Phi) is 11.2. The predicted octanol–water partition coefficient (Wildman–Crippen LogP) is 5.78. The molecule has 0 spiro atoms. The highest BCUT2D eigenvalue weighted by Gasteiger charge is 2.68. The van der Waals surface area contributed by atoms with Crippen LogP contribution in [0.3, 0.4) is 0 Å². The molecule has 3 aromatic rings. The van der Waals surface area contributed by atoms with Gasteiger partial charge < -0.3 is 19.9 Å². The Hall–Kier alpha value is -3.51. The number of rotatable bonds is 16. The maximum absolute atomic E-state index is 14.5. The lowest BCUT2D eigenvalue weighted by Crippen LogP contribution is -2.65. The molecule has 1 heterocycles. The minimum absolute atomic E-state index is 0.0147. The number of hydrogen-bond donors (Lipinski definition) is 3. The summed E-state index contributed by atoms with van der Waals surface area (Å²) in [5.41, 5.74) is 2.26. The second kappa shape index (κ2) is 15.7. The summed E-state index contributed by atoms with van der Waals surface area (Å²) in [6.07, 6.45) is 7.13. The summed E-state index contributed by atoms with van der Waals surface area (Å²) in [6, 6.07) is 26.1. The molecule has 9 nitrogen and oxygen atoms in total. The van der Waals surface area contributed by atoms with E-state index in [0.717, 1.165) is 43.2 Å². The van der Waals surface area contributed by atoms with Crippen LogP contribution in [0.25, 0.3) is 0 Å². The number of carbonyl (C=O) groups excluding carboxylic acids is 2. The van der Waals surface area contributed by atoms with Gasteiger partial charge >= 0.3 is 7.12 Å². The van der Waals surface area contributed by atoms with Crippen LogP contribution < -0.4 is 15.4 Å². The van der Waals surface area contributed by atoms with Gasteiger partial charge in [-0.05, 0) is 78.9 Å². The number of nitrogens with one attached hydrogen (secondary N) is 3. The SMILES string of the molecule is CC1(C)[C@@H]2C[C@H]3OB([C@H](CC4CCC4)NC(=O)[C@H](Cc4ccccc4)NC(=O)[C@H](CCc4ccccc4)NS(=O)(=O)Cc4ccccc4)O[C@@]3(C)[C@H]1C2. The molecular formula is C42H54BN3O6S. The zero-order chi connectivity index (χ0) is 37.2. The molecule has 2 bridgehead atoms. The molecule has 1 saturated heterocycles. The van der Waals surface area contributed by atoms with E-state index >= 15 is 0 Å². The van der Waals surface area contributed by atoms with Crippen molar-refractivity contribution in [1.29, 1.82) is 0 Å². The van der Waals surface area contributed by atoms with Gasteiger partial charge in [0.25, 0.3) is 0 Å². The lowest BCUT2D eigenvalue weighted by atomic mass is 9.43. The Bertz CT molecular complexity index is 1830. The highest BCUT2D eigenvalue weighted by Crippen LogP contribution is 2.65. The highest BCUT2D eigenvalue weighted by atomic mass is 32.2. The van der Waals surface area contributed by atoms with Crippen LogP contribution >= 0.6 is 0 Å². The van der Waals surface area contributed by atoms with Crippen LogP contribution in [0, 0.1) is 23.2 Å². The van der Waals surface area contributed by atoms with Gasteiger partial charge in [-0.2, -0.15) is 0 Å². The molecule has 1 aliphatic heterocycles. The summed E-state index contributed by atoms with van der Waals surface area (Å²) in [5, 5.41) is 6.28. The number of benzene rings is 3. The average Bonchev–Trinajstić information content (AvgIpc) is 3.49. The molecule has 8 rings (SSSR count). The van der Waals surface area contributed by atoms with E-state index < -0.39 is 40.7 Å². The molecule has 4 aliphatic carbocycles. The lowest BCUT2D eigenvalue weighted by Gasteiger charge is -2.64. The zero-order valence-electron chi connectivity index (χ0n) is 31.2. The number of carbonyl (C=O) groups is 2. The first-order valence-corrected chi connectivity index (χ1v) is 21.1. The summed E-state index contributed by atoms with van der Waals surface area (Å²) in [7, 11) is -4.49. The van der Waals surface area contributed by atoms with Crippen molar-refractivity contribution in [1.82, 2.24) is 15.4 Å². The molecule has 0 unspecified atom stereocenters. The number of amides is 2. The van der Waals surface area contributed by atoms with Crippen molar-refractivity contribution >= 4 is 29.0 Å². The van der Waals surface area contributed by atoms with Crippen molar-refractivity contribution in [3.63, 3.8) is 0 Å². The van der Waals surface area contributed by atoms with Gasteiger partial charge in [0, 0.05) is 6.42 Å². The fourth-order valence-corrected chi connectivity index (χ4v) is 10.6. The number of aryl methyl sites for hydroxylation is 1. The van der Waals surface area contributed by atoms with Crippen molar-refractivity contribution < 1.29 is 27.3 Å². The van der Waals surface area contributed by atoms with E-state index in [4.69, 9.17) is 9.31 Å². The van der Waals surface area contributed by atoms with Gasteiger partial charge in [-0.3, -0.25) is 9.59 Å². The smallest absolute Gasteiger partial charge is 0.404 e. The average molecular weight is 740 g/mol. The van der Waals surface area contributed by atoms with Gasteiger partial charge in [-0.1, -0.05) is 124 Å². The van der Waals surface area contributed by atoms with Crippen molar-refractivity contribution in [2.75, 3.05) is 0 Å². The van der Waals surface area contributed by atoms with Crippen LogP contribution in [0.5, 0.6) is 0 Å². The topological polar surface area (TPSA) is 123 Å². The minimum Gasteiger partial charge on any atom is -0.404 e. The van der Waals surface area contributed by atoms with Crippen LogP contribution in [-0.2, 0) is 47.5 Å². The third-order valence-electron chi connectivity index (χ3n) is 12.8. The predicted molar refractivity (Wildman–Crippen MR) is 207 cm³/mol. The lowest BCUT2D eigenvalue weighted by molar-refractivity contribution is -0.199. The van der Waals surface area contributed by atoms with Gasteiger partial charge in [-0.25, -0.2) is 13.1 Å². The maximum Gasteiger partial charge on any atom is 0.481 e. The minimum atomic E-state index is -3.91. The van der Waals surface area contributed by atoms with Crippen molar-refractivity contribution in [2.24, 2.45) is 23.2 Å². The Morgan fingerprint density at radius 2 is 1.42 bits per heavy atom. The van der Waals surface area contributed by atoms with Crippen molar-refractivity contribution in [3.05, 3.63) is 108 Å². The van der Waals surface area contributed by atoms with Crippen LogP contribution in [0.1, 0.15) is 82.4 Å². The summed E-state index contributed by atoms with van der Waals surface area (Å²) >= 11 is 0. The van der Waals surface area contributed by atoms with Gasteiger partial charge in [0.05, 0.1) is 23.4 Å². The second-order valence-electron chi connectivity index (χ2n) is 16.7. The van der Waals surface area contributed by atoms with Gasteiger partial charge in [-0.15, -0.1) is 0 Å². The molecule has 0 radical (unpaired) electrons. The Labute approximate surface area is 315 Å². The summed E-state index contributed by atoms with van der Waals surface area (Å²) in [5.74, 6) is -0.0544. The first-order chi connectivity index (χ1) is 25.4. The second-order valence-corrected chi connectivity index (χ2v) is 18.4. The molecule has 3 aromatic carbocycles. The third-order valence-corrected chi connectivity index (χ3v) is 14.1. The normalized spacial score (nSPS) is 26.3. The van der Waals surface area contributed by atoms with Crippen LogP contribution in [-0.4, -0.2) is 57.1 Å². The van der Waals surface area contributed by atoms with Crippen LogP contribution in [0.4, 0.5) is 0 Å². The fourth-order valence-electron chi connectivity index (χ4n) is 9.26. The van der Waals surface area contributed by atoms with Crippen LogP contribution in [0.15, 0.2) is 91.0 Å². The fraction of sp³-hybridized carbons (Fsp3) is 0.524. The molecule has 11 heteroatoms. The Morgan fingerprint density at radius 3 is 2.02 bits per heavy atom. The van der Waals surface area contributed by atoms with Crippen LogP contribution in [0.2, 0.25) is 0 Å². The molecule has 5 fully saturated rings. The molecule has 7 atom stereocenters. The largest absolute Gasteiger partial charge is 0.481 e. The first-order valence-electron chi connectivity index (χ1n) is 19.5. The summed E-state index contributed by atoms with van der Waals surface area (Å²) in [6.45, 7) is 6.86. The van der Waals surface area contributed by atoms with E-state index in [-0.39, 0.29) is 42.0 Å². The zero-order valence-corrected chi connectivity index (χ0v) is 32.0. The van der Waals surface area contributed by atoms with Gasteiger partial charge in [0.15, 0.2) is 0 Å². The first kappa shape index (κ1) is 37.8. The molecule has 0 aromatic heterocycles. The summed E-state index contributed by atoms with van der Waals surface area (Å²) in [4.78, 5) is 28.7. The highest BCUT2D eigenvalue weighted by molar-refractivity contribution is 7.88. The monoisotopic (exact) mass is 739 g/mol. The van der Waals surface area contributed by atoms with E-state index in [1.807, 2.05) is 66.7 Å². The molecule has 3 N–H and O–H groups in total. The quantitative estimate of drug-likeness (QED) is 0.160. The summed E-state index contributed by atoms with van der Waals surface area (Å²) < 4.78 is 43.2. The van der Waals surface area contributed by atoms with Gasteiger partial charge in [0.2, 0.25) is 21.8 Å². The van der Waals surface area contributed by atoms with Crippen molar-refractivity contribution in [3.8, 4) is 0 Å². The van der Waals surface area contributed by atoms with E-state index in [1.165, 1.54) is 6.42 Å². The standard InChI is InChI=1S/C42H54BN3O6S/c1-41(2)33-26-36(41)42(3)37(27-33)51-43(52-42)38(25-31-20-13-21-31)45-40(48)35(24-30-16-9-5-10-17-30)44-39(47)34(23-22-29-14-7-4-8-15-29)46-53(49,50)28-32-18-11-6-12-19-32/h4-12,14-19,31,33-38,46H,13,20-28H2,1-3H3,(H,44,47)(H,45,48)/t33-,34-,35-,36-,37+,38-,42-/m0/s1. The Balaban J connectivity index is 1.11. The number of hydrogen-bond acceptors (Lipinski definition) is 6. The van der Waals surface area contributed by atoms with E-state index in [2.05, 4.69) is 36.1 Å². The molecule has 282 valence electrons. The molecule has 2 amide bonds. The molecule has 53 heavy (non-hydrogen) atoms.